The molecule has 3 heteroatoms. The molecule has 18 heavy (non-hydrogen) atoms. The first-order valence-corrected chi connectivity index (χ1v) is 6.61. The molecule has 0 amide bonds. The average molecular weight is 250 g/mol. The van der Waals surface area contributed by atoms with Gasteiger partial charge in [0.05, 0.1) is 11.7 Å². The van der Waals surface area contributed by atoms with Crippen LogP contribution in [-0.2, 0) is 11.2 Å². The van der Waals surface area contributed by atoms with Crippen molar-refractivity contribution in [1.29, 1.82) is 0 Å². The summed E-state index contributed by atoms with van der Waals surface area (Å²) in [6.45, 7) is 5.98. The Kier molecular flexibility index (Phi) is 5.69. The minimum absolute atomic E-state index is 0.0593. The molecule has 1 unspecified atom stereocenters. The molecule has 1 aromatic rings. The predicted octanol–water partition coefficient (Wildman–Crippen LogP) is 3.69. The molecule has 0 heterocycles. The first kappa shape index (κ1) is 14.6. The molecule has 0 fully saturated rings. The molecule has 0 aliphatic rings. The number of esters is 1. The van der Waals surface area contributed by atoms with E-state index in [1.807, 2.05) is 13.8 Å². The number of phenols is 1. The number of hydrogen-bond acceptors (Lipinski definition) is 3. The van der Waals surface area contributed by atoms with Crippen LogP contribution in [0.2, 0.25) is 0 Å². The minimum Gasteiger partial charge on any atom is -0.508 e. The van der Waals surface area contributed by atoms with Crippen LogP contribution in [-0.4, -0.2) is 17.2 Å². The van der Waals surface area contributed by atoms with E-state index in [9.17, 15) is 9.90 Å². The maximum absolute atomic E-state index is 12.0. The van der Waals surface area contributed by atoms with Gasteiger partial charge >= 0.3 is 5.97 Å². The molecule has 0 aromatic heterocycles. The van der Waals surface area contributed by atoms with Gasteiger partial charge in [-0.1, -0.05) is 26.7 Å². The molecule has 0 bridgehead atoms. The monoisotopic (exact) mass is 250 g/mol. The number of ether oxygens (including phenoxy) is 1. The van der Waals surface area contributed by atoms with E-state index in [2.05, 4.69) is 6.92 Å². The van der Waals surface area contributed by atoms with Crippen molar-refractivity contribution in [1.82, 2.24) is 0 Å². The minimum atomic E-state index is -0.296. The Hall–Kier alpha value is -1.51. The van der Waals surface area contributed by atoms with Gasteiger partial charge < -0.3 is 9.84 Å². The number of carbonyl (C=O) groups is 1. The predicted molar refractivity (Wildman–Crippen MR) is 71.9 cm³/mol. The Balaban J connectivity index is 2.72. The maximum atomic E-state index is 12.0. The van der Waals surface area contributed by atoms with E-state index in [1.165, 1.54) is 6.07 Å². The van der Waals surface area contributed by atoms with Crippen molar-refractivity contribution in [3.05, 3.63) is 29.3 Å². The van der Waals surface area contributed by atoms with Crippen LogP contribution < -0.4 is 0 Å². The van der Waals surface area contributed by atoms with E-state index in [0.29, 0.717) is 12.0 Å². The number of benzene rings is 1. The molecular formula is C15H22O3. The van der Waals surface area contributed by atoms with Crippen LogP contribution in [0.4, 0.5) is 0 Å². The lowest BCUT2D eigenvalue weighted by Crippen LogP contribution is -2.16. The fourth-order valence-electron chi connectivity index (χ4n) is 1.87. The van der Waals surface area contributed by atoms with Crippen molar-refractivity contribution in [2.75, 3.05) is 0 Å². The lowest BCUT2D eigenvalue weighted by molar-refractivity contribution is 0.0319. The fraction of sp³-hybridized carbons (Fsp3) is 0.533. The van der Waals surface area contributed by atoms with Gasteiger partial charge in [0.2, 0.25) is 0 Å². The van der Waals surface area contributed by atoms with Crippen molar-refractivity contribution >= 4 is 5.97 Å². The molecule has 1 aromatic carbocycles. The van der Waals surface area contributed by atoms with Gasteiger partial charge in [0, 0.05) is 0 Å². The van der Waals surface area contributed by atoms with Crippen LogP contribution in [0.1, 0.15) is 56.0 Å². The topological polar surface area (TPSA) is 46.5 Å². The summed E-state index contributed by atoms with van der Waals surface area (Å²) in [5.41, 5.74) is 1.38. The number of aryl methyl sites for hydroxylation is 1. The van der Waals surface area contributed by atoms with Crippen LogP contribution in [0.3, 0.4) is 0 Å². The standard InChI is InChI=1S/C15H22O3/c1-4-6-7-11(3)18-15(17)14-9-8-13(16)10-12(14)5-2/h8-11,16H,4-7H2,1-3H3. The Labute approximate surface area is 109 Å². The quantitative estimate of drug-likeness (QED) is 0.783. The van der Waals surface area contributed by atoms with Gasteiger partial charge in [-0.25, -0.2) is 4.79 Å². The summed E-state index contributed by atoms with van der Waals surface area (Å²) in [5.74, 6) is -0.113. The number of rotatable bonds is 6. The van der Waals surface area contributed by atoms with Gasteiger partial charge in [-0.05, 0) is 43.5 Å². The average Bonchev–Trinajstić information content (AvgIpc) is 2.35. The maximum Gasteiger partial charge on any atom is 0.338 e. The fourth-order valence-corrected chi connectivity index (χ4v) is 1.87. The van der Waals surface area contributed by atoms with Crippen molar-refractivity contribution in [2.45, 2.75) is 52.6 Å². The summed E-state index contributed by atoms with van der Waals surface area (Å²) in [5, 5.41) is 9.40. The van der Waals surface area contributed by atoms with Gasteiger partial charge in [-0.3, -0.25) is 0 Å². The van der Waals surface area contributed by atoms with Crippen molar-refractivity contribution in [3.63, 3.8) is 0 Å². The van der Waals surface area contributed by atoms with Crippen LogP contribution in [0.5, 0.6) is 5.75 Å². The zero-order chi connectivity index (χ0) is 13.5. The van der Waals surface area contributed by atoms with Crippen LogP contribution >= 0.6 is 0 Å². The Morgan fingerprint density at radius 1 is 1.39 bits per heavy atom. The van der Waals surface area contributed by atoms with Crippen LogP contribution in [0.15, 0.2) is 18.2 Å². The molecule has 1 atom stereocenters. The molecule has 0 radical (unpaired) electrons. The molecular weight excluding hydrogens is 228 g/mol. The summed E-state index contributed by atoms with van der Waals surface area (Å²) < 4.78 is 5.40. The first-order valence-electron chi connectivity index (χ1n) is 6.61. The van der Waals surface area contributed by atoms with E-state index in [4.69, 9.17) is 4.74 Å². The Morgan fingerprint density at radius 3 is 2.72 bits per heavy atom. The summed E-state index contributed by atoms with van der Waals surface area (Å²) in [6.07, 6.45) is 3.69. The van der Waals surface area contributed by atoms with E-state index >= 15 is 0 Å². The molecule has 0 saturated carbocycles. The van der Waals surface area contributed by atoms with E-state index in [0.717, 1.165) is 24.8 Å². The second-order valence-electron chi connectivity index (χ2n) is 4.55. The lowest BCUT2D eigenvalue weighted by atomic mass is 10.0. The Bertz CT molecular complexity index is 399. The summed E-state index contributed by atoms with van der Waals surface area (Å²) in [6, 6.07) is 4.77. The third kappa shape index (κ3) is 4.06. The van der Waals surface area contributed by atoms with Crippen LogP contribution in [0, 0.1) is 0 Å². The molecule has 0 saturated heterocycles. The zero-order valence-corrected chi connectivity index (χ0v) is 11.4. The summed E-state index contributed by atoms with van der Waals surface area (Å²) in [4.78, 5) is 12.0. The highest BCUT2D eigenvalue weighted by Gasteiger charge is 2.15. The zero-order valence-electron chi connectivity index (χ0n) is 11.4. The Morgan fingerprint density at radius 2 is 2.11 bits per heavy atom. The highest BCUT2D eigenvalue weighted by molar-refractivity contribution is 5.91. The molecule has 1 rings (SSSR count). The number of aromatic hydroxyl groups is 1. The summed E-state index contributed by atoms with van der Waals surface area (Å²) in [7, 11) is 0. The van der Waals surface area contributed by atoms with Gasteiger partial charge in [0.25, 0.3) is 0 Å². The molecule has 0 spiro atoms. The van der Waals surface area contributed by atoms with Crippen LogP contribution in [0.25, 0.3) is 0 Å². The van der Waals surface area contributed by atoms with Crippen molar-refractivity contribution in [2.24, 2.45) is 0 Å². The molecule has 0 aliphatic heterocycles. The van der Waals surface area contributed by atoms with E-state index in [-0.39, 0.29) is 17.8 Å². The SMILES string of the molecule is CCCCC(C)OC(=O)c1ccc(O)cc1CC. The summed E-state index contributed by atoms with van der Waals surface area (Å²) >= 11 is 0. The van der Waals surface area contributed by atoms with Crippen molar-refractivity contribution < 1.29 is 14.6 Å². The smallest absolute Gasteiger partial charge is 0.338 e. The molecule has 1 N–H and O–H groups in total. The lowest BCUT2D eigenvalue weighted by Gasteiger charge is -2.14. The first-order chi connectivity index (χ1) is 8.58. The van der Waals surface area contributed by atoms with Crippen molar-refractivity contribution in [3.8, 4) is 5.75 Å². The highest BCUT2D eigenvalue weighted by Crippen LogP contribution is 2.19. The number of phenolic OH excluding ortho intramolecular Hbond substituents is 1. The van der Waals surface area contributed by atoms with E-state index < -0.39 is 0 Å². The van der Waals surface area contributed by atoms with Gasteiger partial charge in [-0.15, -0.1) is 0 Å². The number of unbranched alkanes of at least 4 members (excludes halogenated alkanes) is 1. The largest absolute Gasteiger partial charge is 0.508 e. The second kappa shape index (κ2) is 7.04. The highest BCUT2D eigenvalue weighted by atomic mass is 16.5. The van der Waals surface area contributed by atoms with E-state index in [1.54, 1.807) is 12.1 Å². The molecule has 0 aliphatic carbocycles. The third-order valence-electron chi connectivity index (χ3n) is 2.96. The second-order valence-corrected chi connectivity index (χ2v) is 4.55. The normalized spacial score (nSPS) is 12.2. The number of carbonyl (C=O) groups excluding carboxylic acids is 1. The number of hydrogen-bond donors (Lipinski definition) is 1. The van der Waals surface area contributed by atoms with Gasteiger partial charge in [0.1, 0.15) is 5.75 Å². The molecule has 3 nitrogen and oxygen atoms in total. The third-order valence-corrected chi connectivity index (χ3v) is 2.96. The van der Waals surface area contributed by atoms with Gasteiger partial charge in [-0.2, -0.15) is 0 Å². The van der Waals surface area contributed by atoms with Gasteiger partial charge in [0.15, 0.2) is 0 Å². The molecule has 100 valence electrons.